The van der Waals surface area contributed by atoms with Crippen LogP contribution in [0.25, 0.3) is 16.6 Å². The molecule has 1 aromatic heterocycles. The van der Waals surface area contributed by atoms with Crippen LogP contribution in [-0.2, 0) is 4.79 Å². The molecule has 31 heavy (non-hydrogen) atoms. The normalized spacial score (nSPS) is 10.9. The monoisotopic (exact) mass is 453 g/mol. The van der Waals surface area contributed by atoms with Crippen LogP contribution in [0.3, 0.4) is 0 Å². The van der Waals surface area contributed by atoms with Gasteiger partial charge in [0.1, 0.15) is 5.82 Å². The number of hydrogen-bond donors (Lipinski definition) is 1. The Morgan fingerprint density at radius 2 is 1.87 bits per heavy atom. The number of benzene rings is 3. The molecule has 4 rings (SSSR count). The number of halogens is 2. The lowest BCUT2D eigenvalue weighted by Gasteiger charge is -2.14. The minimum Gasteiger partial charge on any atom is -0.323 e. The number of anilines is 1. The summed E-state index contributed by atoms with van der Waals surface area (Å²) in [5, 5.41) is 3.85. The van der Waals surface area contributed by atoms with E-state index in [9.17, 15) is 14.0 Å². The van der Waals surface area contributed by atoms with Crippen molar-refractivity contribution in [3.8, 4) is 5.69 Å². The fourth-order valence-electron chi connectivity index (χ4n) is 3.04. The molecule has 0 fully saturated rings. The second kappa shape index (κ2) is 8.91. The first kappa shape index (κ1) is 21.1. The van der Waals surface area contributed by atoms with E-state index in [1.165, 1.54) is 16.7 Å². The highest BCUT2D eigenvalue weighted by Gasteiger charge is 2.16. The molecule has 3 aromatic carbocycles. The number of thioether (sulfide) groups is 1. The Kier molecular flexibility index (Phi) is 6.06. The minimum absolute atomic E-state index is 0.0568. The van der Waals surface area contributed by atoms with Gasteiger partial charge in [0.15, 0.2) is 5.16 Å². The number of nitrogens with one attached hydrogen (secondary N) is 1. The molecular formula is C23H17ClFN3O2S. The molecule has 0 atom stereocenters. The van der Waals surface area contributed by atoms with Crippen LogP contribution < -0.4 is 10.9 Å². The van der Waals surface area contributed by atoms with Gasteiger partial charge in [-0.25, -0.2) is 9.37 Å². The third kappa shape index (κ3) is 4.47. The van der Waals surface area contributed by atoms with Crippen LogP contribution in [0.4, 0.5) is 10.1 Å². The van der Waals surface area contributed by atoms with Gasteiger partial charge in [-0.15, -0.1) is 0 Å². The first-order valence-corrected chi connectivity index (χ1v) is 10.8. The Labute approximate surface area is 186 Å². The molecular weight excluding hydrogens is 437 g/mol. The van der Waals surface area contributed by atoms with Crippen molar-refractivity contribution in [3.05, 3.63) is 93.5 Å². The molecule has 0 aliphatic rings. The Hall–Kier alpha value is -3.16. The third-order valence-corrected chi connectivity index (χ3v) is 5.98. The second-order valence-electron chi connectivity index (χ2n) is 6.80. The lowest BCUT2D eigenvalue weighted by Crippen LogP contribution is -2.23. The number of para-hydroxylation sites is 2. The Balaban J connectivity index is 1.70. The number of amides is 1. The molecule has 0 spiro atoms. The van der Waals surface area contributed by atoms with Crippen molar-refractivity contribution in [2.24, 2.45) is 0 Å². The highest BCUT2D eigenvalue weighted by atomic mass is 35.5. The van der Waals surface area contributed by atoms with Crippen molar-refractivity contribution in [3.63, 3.8) is 0 Å². The van der Waals surface area contributed by atoms with Gasteiger partial charge in [-0.05, 0) is 48.9 Å². The quantitative estimate of drug-likeness (QED) is 0.332. The predicted octanol–water partition coefficient (Wildman–Crippen LogP) is 5.22. The third-order valence-electron chi connectivity index (χ3n) is 4.64. The summed E-state index contributed by atoms with van der Waals surface area (Å²) in [7, 11) is 0. The number of aromatic nitrogens is 2. The van der Waals surface area contributed by atoms with E-state index in [1.807, 2.05) is 13.0 Å². The van der Waals surface area contributed by atoms with Crippen LogP contribution >= 0.6 is 23.4 Å². The number of aryl methyl sites for hydroxylation is 1. The van der Waals surface area contributed by atoms with E-state index in [4.69, 9.17) is 11.6 Å². The van der Waals surface area contributed by atoms with Crippen molar-refractivity contribution < 1.29 is 9.18 Å². The fraction of sp³-hybridized carbons (Fsp3) is 0.0870. The standard InChI is InChI=1S/C23H17ClFN3O2S/c1-14-10-11-15(12-17(14)24)28-22(30)16-6-2-4-8-19(16)27-23(28)31-13-21(29)26-20-9-5-3-7-18(20)25/h2-12H,13H2,1H3,(H,26,29). The van der Waals surface area contributed by atoms with Gasteiger partial charge in [-0.2, -0.15) is 0 Å². The lowest BCUT2D eigenvalue weighted by atomic mass is 10.2. The van der Waals surface area contributed by atoms with Gasteiger partial charge in [0.25, 0.3) is 5.56 Å². The van der Waals surface area contributed by atoms with E-state index in [2.05, 4.69) is 10.3 Å². The zero-order chi connectivity index (χ0) is 22.0. The van der Waals surface area contributed by atoms with Gasteiger partial charge in [0, 0.05) is 5.02 Å². The topological polar surface area (TPSA) is 64.0 Å². The molecule has 1 amide bonds. The number of rotatable bonds is 5. The lowest BCUT2D eigenvalue weighted by molar-refractivity contribution is -0.113. The average Bonchev–Trinajstić information content (AvgIpc) is 2.76. The van der Waals surface area contributed by atoms with Crippen molar-refractivity contribution in [1.29, 1.82) is 0 Å². The molecule has 0 saturated heterocycles. The SMILES string of the molecule is Cc1ccc(-n2c(SCC(=O)Nc3ccccc3F)nc3ccccc3c2=O)cc1Cl. The van der Waals surface area contributed by atoms with E-state index >= 15 is 0 Å². The molecule has 0 unspecified atom stereocenters. The molecule has 1 heterocycles. The van der Waals surface area contributed by atoms with E-state index < -0.39 is 11.7 Å². The maximum atomic E-state index is 13.8. The zero-order valence-corrected chi connectivity index (χ0v) is 18.0. The number of nitrogens with zero attached hydrogens (tertiary/aromatic N) is 2. The van der Waals surface area contributed by atoms with E-state index in [-0.39, 0.29) is 17.0 Å². The summed E-state index contributed by atoms with van der Waals surface area (Å²) in [5.74, 6) is -0.986. The summed E-state index contributed by atoms with van der Waals surface area (Å²) >= 11 is 7.37. The van der Waals surface area contributed by atoms with Crippen LogP contribution in [-0.4, -0.2) is 21.2 Å². The summed E-state index contributed by atoms with van der Waals surface area (Å²) in [4.78, 5) is 30.2. The predicted molar refractivity (Wildman–Crippen MR) is 123 cm³/mol. The summed E-state index contributed by atoms with van der Waals surface area (Å²) in [6, 6.07) is 18.2. The molecule has 0 aliphatic carbocycles. The number of carbonyl (C=O) groups excluding carboxylic acids is 1. The molecule has 0 bridgehead atoms. The average molecular weight is 454 g/mol. The smallest absolute Gasteiger partial charge is 0.266 e. The Morgan fingerprint density at radius 1 is 1.13 bits per heavy atom. The molecule has 4 aromatic rings. The number of fused-ring (bicyclic) bond motifs is 1. The van der Waals surface area contributed by atoms with Gasteiger partial charge in [-0.3, -0.25) is 14.2 Å². The maximum Gasteiger partial charge on any atom is 0.266 e. The molecule has 0 saturated carbocycles. The minimum atomic E-state index is -0.518. The first-order valence-electron chi connectivity index (χ1n) is 9.39. The van der Waals surface area contributed by atoms with Gasteiger partial charge >= 0.3 is 0 Å². The van der Waals surface area contributed by atoms with Crippen molar-refractivity contribution in [2.45, 2.75) is 12.1 Å². The molecule has 1 N–H and O–H groups in total. The summed E-state index contributed by atoms with van der Waals surface area (Å²) in [6.07, 6.45) is 0. The van der Waals surface area contributed by atoms with Gasteiger partial charge in [0.2, 0.25) is 5.91 Å². The van der Waals surface area contributed by atoms with E-state index in [0.29, 0.717) is 26.8 Å². The molecule has 0 aliphatic heterocycles. The molecule has 0 radical (unpaired) electrons. The summed E-state index contributed by atoms with van der Waals surface area (Å²) < 4.78 is 15.2. The van der Waals surface area contributed by atoms with Crippen LogP contribution in [0.2, 0.25) is 5.02 Å². The van der Waals surface area contributed by atoms with Crippen LogP contribution in [0.5, 0.6) is 0 Å². The van der Waals surface area contributed by atoms with E-state index in [1.54, 1.807) is 48.5 Å². The van der Waals surface area contributed by atoms with Gasteiger partial charge in [0.05, 0.1) is 28.0 Å². The van der Waals surface area contributed by atoms with Crippen molar-refractivity contribution >= 4 is 45.9 Å². The molecule has 5 nitrogen and oxygen atoms in total. The highest BCUT2D eigenvalue weighted by molar-refractivity contribution is 7.99. The van der Waals surface area contributed by atoms with Gasteiger partial charge in [-0.1, -0.05) is 53.7 Å². The Morgan fingerprint density at radius 3 is 2.65 bits per heavy atom. The Bertz CT molecular complexity index is 1360. The van der Waals surface area contributed by atoms with Gasteiger partial charge < -0.3 is 5.32 Å². The van der Waals surface area contributed by atoms with Crippen LogP contribution in [0.1, 0.15) is 5.56 Å². The van der Waals surface area contributed by atoms with Crippen molar-refractivity contribution in [1.82, 2.24) is 9.55 Å². The first-order chi connectivity index (χ1) is 14.9. The summed E-state index contributed by atoms with van der Waals surface area (Å²) in [5.41, 5.74) is 1.80. The number of hydrogen-bond acceptors (Lipinski definition) is 4. The number of carbonyl (C=O) groups is 1. The summed E-state index contributed by atoms with van der Waals surface area (Å²) in [6.45, 7) is 1.87. The highest BCUT2D eigenvalue weighted by Crippen LogP contribution is 2.25. The maximum absolute atomic E-state index is 13.8. The van der Waals surface area contributed by atoms with E-state index in [0.717, 1.165) is 17.3 Å². The molecule has 156 valence electrons. The largest absolute Gasteiger partial charge is 0.323 e. The fourth-order valence-corrected chi connectivity index (χ4v) is 4.02. The molecule has 8 heteroatoms. The zero-order valence-electron chi connectivity index (χ0n) is 16.4. The van der Waals surface area contributed by atoms with Crippen molar-refractivity contribution in [2.75, 3.05) is 11.1 Å². The van der Waals surface area contributed by atoms with Crippen LogP contribution in [0.15, 0.2) is 76.7 Å². The second-order valence-corrected chi connectivity index (χ2v) is 8.15. The van der Waals surface area contributed by atoms with Crippen LogP contribution in [0, 0.1) is 12.7 Å².